The minimum absolute atomic E-state index is 0.0444. The summed E-state index contributed by atoms with van der Waals surface area (Å²) in [4.78, 5) is 10.7. The molecule has 0 bridgehead atoms. The van der Waals surface area contributed by atoms with Crippen LogP contribution in [-0.2, 0) is 16.9 Å². The Morgan fingerprint density at radius 1 is 1.47 bits per heavy atom. The van der Waals surface area contributed by atoms with E-state index in [-0.39, 0.29) is 6.42 Å². The summed E-state index contributed by atoms with van der Waals surface area (Å²) in [5.74, 6) is -0.842. The summed E-state index contributed by atoms with van der Waals surface area (Å²) in [6.45, 7) is 3.17. The van der Waals surface area contributed by atoms with Gasteiger partial charge in [0.1, 0.15) is 6.67 Å². The Bertz CT molecular complexity index is 358. The van der Waals surface area contributed by atoms with Crippen molar-refractivity contribution in [2.75, 3.05) is 0 Å². The number of alkyl halides is 1. The standard InChI is InChI=1S/C12H15FO2/c1-12(2,7-11(14)15)10-5-3-4-9(6-10)8-13/h3-6H,7-8H2,1-2H3,(H,14,15). The van der Waals surface area contributed by atoms with E-state index in [2.05, 4.69) is 0 Å². The van der Waals surface area contributed by atoms with E-state index >= 15 is 0 Å². The third-order valence-corrected chi connectivity index (χ3v) is 2.46. The molecule has 1 rings (SSSR count). The molecule has 0 heterocycles. The highest BCUT2D eigenvalue weighted by molar-refractivity contribution is 5.68. The lowest BCUT2D eigenvalue weighted by atomic mass is 9.81. The zero-order valence-corrected chi connectivity index (χ0v) is 8.96. The quantitative estimate of drug-likeness (QED) is 0.829. The number of rotatable bonds is 4. The van der Waals surface area contributed by atoms with Gasteiger partial charge in [0.25, 0.3) is 0 Å². The summed E-state index contributed by atoms with van der Waals surface area (Å²) in [5.41, 5.74) is 0.989. The summed E-state index contributed by atoms with van der Waals surface area (Å²) in [5, 5.41) is 8.76. The minimum Gasteiger partial charge on any atom is -0.481 e. The van der Waals surface area contributed by atoms with E-state index in [0.717, 1.165) is 5.56 Å². The lowest BCUT2D eigenvalue weighted by molar-refractivity contribution is -0.138. The van der Waals surface area contributed by atoms with Gasteiger partial charge < -0.3 is 5.11 Å². The number of halogens is 1. The zero-order chi connectivity index (χ0) is 11.5. The van der Waals surface area contributed by atoms with Gasteiger partial charge in [-0.05, 0) is 11.1 Å². The van der Waals surface area contributed by atoms with Crippen LogP contribution in [0.15, 0.2) is 24.3 Å². The summed E-state index contributed by atoms with van der Waals surface area (Å²) >= 11 is 0. The van der Waals surface area contributed by atoms with Gasteiger partial charge in [0, 0.05) is 5.41 Å². The second kappa shape index (κ2) is 4.43. The third-order valence-electron chi connectivity index (χ3n) is 2.46. The predicted octanol–water partition coefficient (Wildman–Crippen LogP) is 2.91. The fourth-order valence-corrected chi connectivity index (χ4v) is 1.56. The van der Waals surface area contributed by atoms with Crippen molar-refractivity contribution in [1.29, 1.82) is 0 Å². The molecule has 3 heteroatoms. The van der Waals surface area contributed by atoms with E-state index in [4.69, 9.17) is 5.11 Å². The minimum atomic E-state index is -0.842. The van der Waals surface area contributed by atoms with Gasteiger partial charge in [-0.25, -0.2) is 4.39 Å². The van der Waals surface area contributed by atoms with Crippen LogP contribution in [0.25, 0.3) is 0 Å². The number of aliphatic carboxylic acids is 1. The first-order valence-electron chi connectivity index (χ1n) is 4.83. The van der Waals surface area contributed by atoms with Crippen LogP contribution in [0.2, 0.25) is 0 Å². The van der Waals surface area contributed by atoms with Gasteiger partial charge >= 0.3 is 5.97 Å². The molecule has 1 N–H and O–H groups in total. The van der Waals surface area contributed by atoms with Gasteiger partial charge in [0.05, 0.1) is 6.42 Å². The van der Waals surface area contributed by atoms with Crippen molar-refractivity contribution in [3.8, 4) is 0 Å². The molecule has 2 nitrogen and oxygen atoms in total. The number of benzene rings is 1. The number of hydrogen-bond donors (Lipinski definition) is 1. The molecule has 0 fully saturated rings. The van der Waals surface area contributed by atoms with Crippen LogP contribution >= 0.6 is 0 Å². The Balaban J connectivity index is 2.98. The van der Waals surface area contributed by atoms with Crippen LogP contribution in [0.1, 0.15) is 31.4 Å². The number of carbonyl (C=O) groups is 1. The Morgan fingerprint density at radius 2 is 2.13 bits per heavy atom. The molecule has 15 heavy (non-hydrogen) atoms. The van der Waals surface area contributed by atoms with E-state index in [1.54, 1.807) is 18.2 Å². The van der Waals surface area contributed by atoms with Crippen molar-refractivity contribution >= 4 is 5.97 Å². The Labute approximate surface area is 88.7 Å². The highest BCUT2D eigenvalue weighted by Crippen LogP contribution is 2.27. The Morgan fingerprint density at radius 3 is 2.67 bits per heavy atom. The number of carboxylic acid groups (broad SMARTS) is 1. The summed E-state index contributed by atoms with van der Waals surface area (Å²) < 4.78 is 12.4. The van der Waals surface area contributed by atoms with Crippen molar-refractivity contribution in [1.82, 2.24) is 0 Å². The molecule has 0 spiro atoms. The second-order valence-electron chi connectivity index (χ2n) is 4.29. The van der Waals surface area contributed by atoms with Crippen molar-refractivity contribution in [3.05, 3.63) is 35.4 Å². The molecule has 82 valence electrons. The first-order chi connectivity index (χ1) is 6.95. The topological polar surface area (TPSA) is 37.3 Å². The molecule has 0 aliphatic heterocycles. The van der Waals surface area contributed by atoms with Gasteiger partial charge in [-0.3, -0.25) is 4.79 Å². The molecule has 0 aliphatic rings. The second-order valence-corrected chi connectivity index (χ2v) is 4.29. The molecule has 1 aromatic carbocycles. The molecule has 0 amide bonds. The molecule has 0 atom stereocenters. The lowest BCUT2D eigenvalue weighted by Gasteiger charge is -2.23. The number of hydrogen-bond acceptors (Lipinski definition) is 1. The molecule has 0 aromatic heterocycles. The zero-order valence-electron chi connectivity index (χ0n) is 8.96. The Hall–Kier alpha value is -1.38. The van der Waals surface area contributed by atoms with Crippen LogP contribution in [0.5, 0.6) is 0 Å². The summed E-state index contributed by atoms with van der Waals surface area (Å²) in [6.07, 6.45) is 0.0444. The predicted molar refractivity (Wildman–Crippen MR) is 56.5 cm³/mol. The largest absolute Gasteiger partial charge is 0.481 e. The molecule has 0 saturated heterocycles. The van der Waals surface area contributed by atoms with Crippen molar-refractivity contribution < 1.29 is 14.3 Å². The van der Waals surface area contributed by atoms with Crippen LogP contribution < -0.4 is 0 Å². The first-order valence-corrected chi connectivity index (χ1v) is 4.83. The van der Waals surface area contributed by atoms with E-state index in [0.29, 0.717) is 5.56 Å². The maximum absolute atomic E-state index is 12.4. The fourth-order valence-electron chi connectivity index (χ4n) is 1.56. The van der Waals surface area contributed by atoms with Crippen LogP contribution in [0.4, 0.5) is 4.39 Å². The Kier molecular flexibility index (Phi) is 3.45. The van der Waals surface area contributed by atoms with Gasteiger partial charge in [-0.15, -0.1) is 0 Å². The van der Waals surface area contributed by atoms with Crippen molar-refractivity contribution in [3.63, 3.8) is 0 Å². The van der Waals surface area contributed by atoms with E-state index < -0.39 is 18.1 Å². The normalized spacial score (nSPS) is 11.4. The van der Waals surface area contributed by atoms with Crippen LogP contribution in [0, 0.1) is 0 Å². The average molecular weight is 210 g/mol. The summed E-state index contributed by atoms with van der Waals surface area (Å²) in [7, 11) is 0. The lowest BCUT2D eigenvalue weighted by Crippen LogP contribution is -2.21. The highest BCUT2D eigenvalue weighted by Gasteiger charge is 2.24. The molecule has 1 aromatic rings. The maximum Gasteiger partial charge on any atom is 0.304 e. The van der Waals surface area contributed by atoms with Crippen molar-refractivity contribution in [2.24, 2.45) is 0 Å². The third kappa shape index (κ3) is 3.05. The molecular weight excluding hydrogens is 195 g/mol. The van der Waals surface area contributed by atoms with Gasteiger partial charge in [-0.2, -0.15) is 0 Å². The smallest absolute Gasteiger partial charge is 0.304 e. The van der Waals surface area contributed by atoms with E-state index in [1.807, 2.05) is 19.9 Å². The fraction of sp³-hybridized carbons (Fsp3) is 0.417. The number of carboxylic acids is 1. The molecule has 0 unspecified atom stereocenters. The van der Waals surface area contributed by atoms with Gasteiger partial charge in [-0.1, -0.05) is 38.1 Å². The monoisotopic (exact) mass is 210 g/mol. The van der Waals surface area contributed by atoms with Crippen molar-refractivity contribution in [2.45, 2.75) is 32.4 Å². The van der Waals surface area contributed by atoms with E-state index in [1.165, 1.54) is 0 Å². The molecule has 0 radical (unpaired) electrons. The van der Waals surface area contributed by atoms with Gasteiger partial charge in [0.2, 0.25) is 0 Å². The maximum atomic E-state index is 12.4. The summed E-state index contributed by atoms with van der Waals surface area (Å²) in [6, 6.07) is 7.01. The first kappa shape index (κ1) is 11.7. The molecule has 0 saturated carbocycles. The highest BCUT2D eigenvalue weighted by atomic mass is 19.1. The average Bonchev–Trinajstić information content (AvgIpc) is 2.16. The van der Waals surface area contributed by atoms with Gasteiger partial charge in [0.15, 0.2) is 0 Å². The van der Waals surface area contributed by atoms with Crippen LogP contribution in [0.3, 0.4) is 0 Å². The molecule has 0 aliphatic carbocycles. The van der Waals surface area contributed by atoms with E-state index in [9.17, 15) is 9.18 Å². The SMILES string of the molecule is CC(C)(CC(=O)O)c1cccc(CF)c1. The molecular formula is C12H15FO2. The van der Waals surface area contributed by atoms with Crippen LogP contribution in [-0.4, -0.2) is 11.1 Å².